The van der Waals surface area contributed by atoms with E-state index in [2.05, 4.69) is 0 Å². The first kappa shape index (κ1) is 13.5. The predicted molar refractivity (Wildman–Crippen MR) is 73.7 cm³/mol. The van der Waals surface area contributed by atoms with E-state index in [1.807, 2.05) is 4.83 Å². The third kappa shape index (κ3) is 2.22. The van der Waals surface area contributed by atoms with Crippen LogP contribution in [0.1, 0.15) is 20.7 Å². The number of sulfonamides is 1. The van der Waals surface area contributed by atoms with Crippen LogP contribution in [0, 0.1) is 0 Å². The zero-order valence-corrected chi connectivity index (χ0v) is 11.5. The largest absolute Gasteiger partial charge is 0.277 e. The minimum Gasteiger partial charge on any atom is -0.267 e. The van der Waals surface area contributed by atoms with Crippen LogP contribution in [0.4, 0.5) is 0 Å². The zero-order valence-electron chi connectivity index (χ0n) is 10.7. The summed E-state index contributed by atoms with van der Waals surface area (Å²) in [4.78, 5) is 26.2. The van der Waals surface area contributed by atoms with E-state index in [1.165, 1.54) is 24.3 Å². The average molecular weight is 302 g/mol. The minimum atomic E-state index is -3.99. The van der Waals surface area contributed by atoms with Gasteiger partial charge in [-0.15, -0.1) is 4.83 Å². The fraction of sp³-hybridized carbons (Fsp3) is 0. The van der Waals surface area contributed by atoms with Crippen LogP contribution >= 0.6 is 0 Å². The molecule has 3 rings (SSSR count). The highest BCUT2D eigenvalue weighted by Crippen LogP contribution is 2.22. The summed E-state index contributed by atoms with van der Waals surface area (Å²) in [6.07, 6.45) is 0. The topological polar surface area (TPSA) is 83.6 Å². The maximum absolute atomic E-state index is 12.2. The van der Waals surface area contributed by atoms with E-state index in [0.29, 0.717) is 5.01 Å². The van der Waals surface area contributed by atoms with E-state index < -0.39 is 21.8 Å². The van der Waals surface area contributed by atoms with Gasteiger partial charge in [-0.2, -0.15) is 5.01 Å². The SMILES string of the molecule is O=C1c2ccccc2C(=O)N1NS(=O)(=O)c1ccccc1. The van der Waals surface area contributed by atoms with Crippen LogP contribution in [0.3, 0.4) is 0 Å². The third-order valence-electron chi connectivity index (χ3n) is 3.06. The summed E-state index contributed by atoms with van der Waals surface area (Å²) in [7, 11) is -3.99. The monoisotopic (exact) mass is 302 g/mol. The van der Waals surface area contributed by atoms with Crippen LogP contribution in [-0.4, -0.2) is 25.2 Å². The Morgan fingerprint density at radius 2 is 1.24 bits per heavy atom. The van der Waals surface area contributed by atoms with Crippen molar-refractivity contribution in [3.63, 3.8) is 0 Å². The summed E-state index contributed by atoms with van der Waals surface area (Å²) < 4.78 is 24.3. The number of carbonyl (C=O) groups is 2. The van der Waals surface area contributed by atoms with Crippen molar-refractivity contribution in [2.75, 3.05) is 0 Å². The number of carbonyl (C=O) groups excluding carboxylic acids is 2. The molecule has 106 valence electrons. The quantitative estimate of drug-likeness (QED) is 0.863. The normalized spacial score (nSPS) is 14.4. The molecule has 6 nitrogen and oxygen atoms in total. The Balaban J connectivity index is 1.94. The summed E-state index contributed by atoms with van der Waals surface area (Å²) in [6.45, 7) is 0. The van der Waals surface area contributed by atoms with Crippen LogP contribution in [0.5, 0.6) is 0 Å². The molecule has 1 aliphatic rings. The van der Waals surface area contributed by atoms with Gasteiger partial charge in [0.05, 0.1) is 16.0 Å². The van der Waals surface area contributed by atoms with E-state index in [1.54, 1.807) is 30.3 Å². The molecule has 0 saturated heterocycles. The standard InChI is InChI=1S/C14H10N2O4S/c17-13-11-8-4-5-9-12(11)14(18)16(13)15-21(19,20)10-6-2-1-3-7-10/h1-9,15H. The van der Waals surface area contributed by atoms with E-state index in [-0.39, 0.29) is 16.0 Å². The highest BCUT2D eigenvalue weighted by atomic mass is 32.2. The van der Waals surface area contributed by atoms with Crippen molar-refractivity contribution in [1.82, 2.24) is 9.84 Å². The number of fused-ring (bicyclic) bond motifs is 1. The van der Waals surface area contributed by atoms with Gasteiger partial charge in [0.2, 0.25) is 0 Å². The van der Waals surface area contributed by atoms with E-state index in [4.69, 9.17) is 0 Å². The summed E-state index contributed by atoms with van der Waals surface area (Å²) in [5, 5.41) is 0.521. The van der Waals surface area contributed by atoms with Gasteiger partial charge in [0, 0.05) is 0 Å². The van der Waals surface area contributed by atoms with Gasteiger partial charge >= 0.3 is 0 Å². The second-order valence-corrected chi connectivity index (χ2v) is 6.06. The smallest absolute Gasteiger partial charge is 0.267 e. The molecule has 0 bridgehead atoms. The lowest BCUT2D eigenvalue weighted by Gasteiger charge is -2.15. The zero-order chi connectivity index (χ0) is 15.0. The van der Waals surface area contributed by atoms with Crippen LogP contribution in [0.15, 0.2) is 59.5 Å². The van der Waals surface area contributed by atoms with Gasteiger partial charge in [0.15, 0.2) is 0 Å². The Morgan fingerprint density at radius 1 is 0.762 bits per heavy atom. The summed E-state index contributed by atoms with van der Waals surface area (Å²) in [6, 6.07) is 13.7. The van der Waals surface area contributed by atoms with Crippen molar-refractivity contribution in [2.24, 2.45) is 0 Å². The average Bonchev–Trinajstić information content (AvgIpc) is 2.74. The van der Waals surface area contributed by atoms with E-state index in [9.17, 15) is 18.0 Å². The first-order valence-corrected chi connectivity index (χ1v) is 7.54. The molecule has 21 heavy (non-hydrogen) atoms. The number of hydrogen-bond acceptors (Lipinski definition) is 4. The van der Waals surface area contributed by atoms with Crippen LogP contribution in [-0.2, 0) is 10.0 Å². The molecule has 0 aromatic heterocycles. The number of hydrogen-bond donors (Lipinski definition) is 1. The van der Waals surface area contributed by atoms with Crippen LogP contribution in [0.2, 0.25) is 0 Å². The molecule has 2 amide bonds. The minimum absolute atomic E-state index is 0.0263. The first-order chi connectivity index (χ1) is 10.0. The lowest BCUT2D eigenvalue weighted by Crippen LogP contribution is -2.45. The van der Waals surface area contributed by atoms with Gasteiger partial charge in [-0.1, -0.05) is 30.3 Å². The number of amides is 2. The molecule has 7 heteroatoms. The van der Waals surface area contributed by atoms with Crippen molar-refractivity contribution in [1.29, 1.82) is 0 Å². The van der Waals surface area contributed by atoms with Crippen molar-refractivity contribution in [2.45, 2.75) is 4.90 Å². The fourth-order valence-corrected chi connectivity index (χ4v) is 3.07. The predicted octanol–water partition coefficient (Wildman–Crippen LogP) is 1.18. The Kier molecular flexibility index (Phi) is 3.08. The van der Waals surface area contributed by atoms with Gasteiger partial charge < -0.3 is 0 Å². The van der Waals surface area contributed by atoms with Gasteiger partial charge in [-0.3, -0.25) is 9.59 Å². The Hall–Kier alpha value is -2.51. The lowest BCUT2D eigenvalue weighted by molar-refractivity contribution is 0.0618. The summed E-state index contributed by atoms with van der Waals surface area (Å²) in [5.41, 5.74) is 0.358. The molecule has 2 aromatic carbocycles. The molecule has 1 N–H and O–H groups in total. The molecular weight excluding hydrogens is 292 g/mol. The molecule has 2 aromatic rings. The molecule has 0 radical (unpaired) electrons. The number of nitrogens with one attached hydrogen (secondary N) is 1. The van der Waals surface area contributed by atoms with E-state index >= 15 is 0 Å². The second kappa shape index (κ2) is 4.80. The molecule has 0 aliphatic carbocycles. The van der Waals surface area contributed by atoms with Crippen LogP contribution < -0.4 is 4.83 Å². The maximum Gasteiger partial charge on any atom is 0.277 e. The molecule has 1 aliphatic heterocycles. The highest BCUT2D eigenvalue weighted by Gasteiger charge is 2.38. The number of hydrazine groups is 1. The fourth-order valence-electron chi connectivity index (χ4n) is 2.04. The molecule has 0 unspecified atom stereocenters. The molecule has 0 fully saturated rings. The molecule has 0 atom stereocenters. The molecule has 0 spiro atoms. The summed E-state index contributed by atoms with van der Waals surface area (Å²) >= 11 is 0. The van der Waals surface area contributed by atoms with Gasteiger partial charge in [0.1, 0.15) is 0 Å². The Bertz CT molecular complexity index is 796. The third-order valence-corrected chi connectivity index (χ3v) is 4.37. The number of imide groups is 1. The molecular formula is C14H10N2O4S. The number of rotatable bonds is 3. The molecule has 0 saturated carbocycles. The van der Waals surface area contributed by atoms with E-state index in [0.717, 1.165) is 0 Å². The van der Waals surface area contributed by atoms with Crippen molar-refractivity contribution in [3.05, 3.63) is 65.7 Å². The maximum atomic E-state index is 12.2. The lowest BCUT2D eigenvalue weighted by atomic mass is 10.1. The summed E-state index contributed by atoms with van der Waals surface area (Å²) in [5.74, 6) is -1.37. The van der Waals surface area contributed by atoms with Crippen molar-refractivity contribution >= 4 is 21.8 Å². The first-order valence-electron chi connectivity index (χ1n) is 6.06. The van der Waals surface area contributed by atoms with Crippen molar-refractivity contribution < 1.29 is 18.0 Å². The Labute approximate surface area is 121 Å². The number of nitrogens with zero attached hydrogens (tertiary/aromatic N) is 1. The second-order valence-electron chi connectivity index (χ2n) is 4.40. The number of benzene rings is 2. The Morgan fingerprint density at radius 3 is 1.76 bits per heavy atom. The van der Waals surface area contributed by atoms with Gasteiger partial charge in [-0.05, 0) is 24.3 Å². The van der Waals surface area contributed by atoms with Gasteiger partial charge in [0.25, 0.3) is 21.8 Å². The van der Waals surface area contributed by atoms with Gasteiger partial charge in [-0.25, -0.2) is 8.42 Å². The highest BCUT2D eigenvalue weighted by molar-refractivity contribution is 7.89. The molecule has 1 heterocycles. The van der Waals surface area contributed by atoms with Crippen LogP contribution in [0.25, 0.3) is 0 Å². The van der Waals surface area contributed by atoms with Crippen molar-refractivity contribution in [3.8, 4) is 0 Å².